The third-order valence-corrected chi connectivity index (χ3v) is 3.31. The Bertz CT molecular complexity index is 556. The number of aliphatic hydroxyl groups is 3. The summed E-state index contributed by atoms with van der Waals surface area (Å²) in [5.41, 5.74) is 0.861. The van der Waals surface area contributed by atoms with E-state index in [1.807, 2.05) is 12.1 Å². The van der Waals surface area contributed by atoms with Crippen LogP contribution in [0.1, 0.15) is 6.23 Å². The van der Waals surface area contributed by atoms with E-state index in [0.717, 1.165) is 10.9 Å². The summed E-state index contributed by atoms with van der Waals surface area (Å²) < 4.78 is 7.22. The van der Waals surface area contributed by atoms with Gasteiger partial charge in [-0.25, -0.2) is 0 Å². The van der Waals surface area contributed by atoms with Gasteiger partial charge in [-0.1, -0.05) is 0 Å². The van der Waals surface area contributed by atoms with Crippen LogP contribution in [-0.2, 0) is 4.74 Å². The number of hydrogen-bond donors (Lipinski definition) is 3. The molecule has 1 unspecified atom stereocenters. The van der Waals surface area contributed by atoms with Crippen LogP contribution in [0.3, 0.4) is 0 Å². The second-order valence-electron chi connectivity index (χ2n) is 4.39. The summed E-state index contributed by atoms with van der Waals surface area (Å²) in [6.07, 6.45) is 1.53. The predicted octanol–water partition coefficient (Wildman–Crippen LogP) is -0.352. The molecule has 6 heteroatoms. The number of pyridine rings is 1. The summed E-state index contributed by atoms with van der Waals surface area (Å²) in [6.45, 7) is -0.324. The topological polar surface area (TPSA) is 87.7 Å². The zero-order chi connectivity index (χ0) is 12.7. The Hall–Kier alpha value is -1.47. The van der Waals surface area contributed by atoms with Crippen LogP contribution in [0.2, 0.25) is 0 Å². The van der Waals surface area contributed by atoms with Crippen LogP contribution in [-0.4, -0.2) is 49.8 Å². The van der Waals surface area contributed by atoms with Gasteiger partial charge in [-0.2, -0.15) is 0 Å². The van der Waals surface area contributed by atoms with Crippen LogP contribution in [0.15, 0.2) is 30.7 Å². The molecule has 0 radical (unpaired) electrons. The van der Waals surface area contributed by atoms with E-state index in [0.29, 0.717) is 0 Å². The molecule has 2 aromatic rings. The van der Waals surface area contributed by atoms with E-state index in [2.05, 4.69) is 4.98 Å². The Balaban J connectivity index is 2.00. The molecule has 0 spiro atoms. The predicted molar refractivity (Wildman–Crippen MR) is 62.7 cm³/mol. The van der Waals surface area contributed by atoms with Gasteiger partial charge in [0.25, 0.3) is 0 Å². The fraction of sp³-hybridized carbons (Fsp3) is 0.417. The van der Waals surface area contributed by atoms with Gasteiger partial charge >= 0.3 is 0 Å². The second-order valence-corrected chi connectivity index (χ2v) is 4.39. The first-order valence-electron chi connectivity index (χ1n) is 5.75. The van der Waals surface area contributed by atoms with Gasteiger partial charge in [0, 0.05) is 24.0 Å². The first kappa shape index (κ1) is 11.6. The number of rotatable bonds is 2. The van der Waals surface area contributed by atoms with E-state index < -0.39 is 24.5 Å². The minimum atomic E-state index is -1.08. The second kappa shape index (κ2) is 4.33. The molecule has 0 aliphatic carbocycles. The van der Waals surface area contributed by atoms with Gasteiger partial charge < -0.3 is 24.6 Å². The quantitative estimate of drug-likeness (QED) is 0.678. The SMILES string of the molecule is OC[C@H]1O[C@@H](n2ccc3cnccc32)C(O)[C@@H]1O. The number of hydrogen-bond acceptors (Lipinski definition) is 5. The summed E-state index contributed by atoms with van der Waals surface area (Å²) in [5.74, 6) is 0. The largest absolute Gasteiger partial charge is 0.394 e. The average Bonchev–Trinajstić information content (AvgIpc) is 2.93. The number of ether oxygens (including phenoxy) is 1. The van der Waals surface area contributed by atoms with E-state index in [4.69, 9.17) is 9.84 Å². The molecule has 1 fully saturated rings. The van der Waals surface area contributed by atoms with Crippen LogP contribution in [0.5, 0.6) is 0 Å². The lowest BCUT2D eigenvalue weighted by atomic mass is 10.1. The Kier molecular flexibility index (Phi) is 2.79. The van der Waals surface area contributed by atoms with Crippen LogP contribution in [0.25, 0.3) is 10.9 Å². The average molecular weight is 250 g/mol. The lowest BCUT2D eigenvalue weighted by molar-refractivity contribution is -0.0506. The van der Waals surface area contributed by atoms with Gasteiger partial charge in [0.05, 0.1) is 12.1 Å². The number of aliphatic hydroxyl groups excluding tert-OH is 3. The maximum atomic E-state index is 9.97. The molecular formula is C12H14N2O4. The van der Waals surface area contributed by atoms with Crippen molar-refractivity contribution in [2.45, 2.75) is 24.5 Å². The molecule has 1 aliphatic rings. The van der Waals surface area contributed by atoms with Gasteiger partial charge in [-0.3, -0.25) is 4.98 Å². The van der Waals surface area contributed by atoms with Crippen molar-refractivity contribution in [3.05, 3.63) is 30.7 Å². The molecule has 0 aromatic carbocycles. The Morgan fingerprint density at radius 2 is 2.11 bits per heavy atom. The smallest absolute Gasteiger partial charge is 0.163 e. The van der Waals surface area contributed by atoms with Crippen LogP contribution in [0, 0.1) is 0 Å². The molecule has 0 amide bonds. The van der Waals surface area contributed by atoms with E-state index in [-0.39, 0.29) is 6.61 Å². The maximum Gasteiger partial charge on any atom is 0.163 e. The molecule has 4 atom stereocenters. The van der Waals surface area contributed by atoms with Crippen molar-refractivity contribution in [1.29, 1.82) is 0 Å². The number of fused-ring (bicyclic) bond motifs is 1. The van der Waals surface area contributed by atoms with Crippen LogP contribution < -0.4 is 0 Å². The van der Waals surface area contributed by atoms with Crippen LogP contribution >= 0.6 is 0 Å². The van der Waals surface area contributed by atoms with Gasteiger partial charge in [-0.15, -0.1) is 0 Å². The molecule has 3 N–H and O–H groups in total. The monoisotopic (exact) mass is 250 g/mol. The summed E-state index contributed by atoms with van der Waals surface area (Å²) in [4.78, 5) is 4.01. The fourth-order valence-electron chi connectivity index (χ4n) is 2.34. The molecule has 0 bridgehead atoms. The molecule has 1 saturated heterocycles. The van der Waals surface area contributed by atoms with E-state index >= 15 is 0 Å². The van der Waals surface area contributed by atoms with Crippen molar-refractivity contribution in [2.75, 3.05) is 6.61 Å². The van der Waals surface area contributed by atoms with Gasteiger partial charge in [0.15, 0.2) is 6.23 Å². The third kappa shape index (κ3) is 1.62. The molecule has 6 nitrogen and oxygen atoms in total. The third-order valence-electron chi connectivity index (χ3n) is 3.31. The maximum absolute atomic E-state index is 9.97. The normalized spacial score (nSPS) is 32.2. The van der Waals surface area contributed by atoms with Crippen molar-refractivity contribution >= 4 is 10.9 Å². The van der Waals surface area contributed by atoms with Gasteiger partial charge in [0.1, 0.15) is 18.3 Å². The van der Waals surface area contributed by atoms with Gasteiger partial charge in [-0.05, 0) is 12.1 Å². The zero-order valence-electron chi connectivity index (χ0n) is 9.55. The highest BCUT2D eigenvalue weighted by atomic mass is 16.6. The van der Waals surface area contributed by atoms with Crippen molar-refractivity contribution in [3.8, 4) is 0 Å². The summed E-state index contributed by atoms with van der Waals surface area (Å²) in [6, 6.07) is 3.67. The highest BCUT2D eigenvalue weighted by Gasteiger charge is 2.43. The molecule has 0 saturated carbocycles. The molecule has 18 heavy (non-hydrogen) atoms. The highest BCUT2D eigenvalue weighted by Crippen LogP contribution is 2.32. The van der Waals surface area contributed by atoms with Crippen molar-refractivity contribution < 1.29 is 20.1 Å². The van der Waals surface area contributed by atoms with E-state index in [9.17, 15) is 10.2 Å². The van der Waals surface area contributed by atoms with Crippen LogP contribution in [0.4, 0.5) is 0 Å². The lowest BCUT2D eigenvalue weighted by Gasteiger charge is -2.17. The first-order chi connectivity index (χ1) is 8.72. The van der Waals surface area contributed by atoms with Crippen molar-refractivity contribution in [1.82, 2.24) is 9.55 Å². The van der Waals surface area contributed by atoms with Gasteiger partial charge in [0.2, 0.25) is 0 Å². The molecule has 1 aliphatic heterocycles. The Morgan fingerprint density at radius 3 is 2.83 bits per heavy atom. The summed E-state index contributed by atoms with van der Waals surface area (Å²) >= 11 is 0. The fourth-order valence-corrected chi connectivity index (χ4v) is 2.34. The lowest BCUT2D eigenvalue weighted by Crippen LogP contribution is -2.33. The molecule has 3 rings (SSSR count). The number of nitrogens with zero attached hydrogens (tertiary/aromatic N) is 2. The first-order valence-corrected chi connectivity index (χ1v) is 5.75. The van der Waals surface area contributed by atoms with E-state index in [1.54, 1.807) is 23.2 Å². The zero-order valence-corrected chi connectivity index (χ0v) is 9.55. The highest BCUT2D eigenvalue weighted by molar-refractivity contribution is 5.78. The molecule has 96 valence electrons. The number of aromatic nitrogens is 2. The summed E-state index contributed by atoms with van der Waals surface area (Å²) in [7, 11) is 0. The van der Waals surface area contributed by atoms with E-state index in [1.165, 1.54) is 0 Å². The van der Waals surface area contributed by atoms with Crippen molar-refractivity contribution in [2.24, 2.45) is 0 Å². The Labute approximate surface area is 103 Å². The minimum absolute atomic E-state index is 0.324. The summed E-state index contributed by atoms with van der Waals surface area (Å²) in [5, 5.41) is 29.7. The minimum Gasteiger partial charge on any atom is -0.394 e. The molecule has 3 heterocycles. The Morgan fingerprint density at radius 1 is 1.28 bits per heavy atom. The molecular weight excluding hydrogens is 236 g/mol. The van der Waals surface area contributed by atoms with Crippen molar-refractivity contribution in [3.63, 3.8) is 0 Å². The molecule has 2 aromatic heterocycles. The standard InChI is InChI=1S/C12H14N2O4/c15-6-9-10(16)11(17)12(18-9)14-4-2-7-5-13-3-1-8(7)14/h1-5,9-12,15-17H,6H2/t9-,10-,11?,12-/m1/s1.